The highest BCUT2D eigenvalue weighted by molar-refractivity contribution is 5.34. The molecule has 2 N–H and O–H groups in total. The van der Waals surface area contributed by atoms with Gasteiger partial charge in [0.05, 0.1) is 0 Å². The predicted octanol–water partition coefficient (Wildman–Crippen LogP) is 3.44. The molecule has 0 radical (unpaired) electrons. The molecule has 2 rings (SSSR count). The molecule has 1 aromatic carbocycles. The molecule has 0 aliphatic carbocycles. The van der Waals surface area contributed by atoms with Gasteiger partial charge in [0.2, 0.25) is 0 Å². The molecule has 1 aromatic rings. The average Bonchev–Trinajstić information content (AvgIpc) is 2.38. The van der Waals surface area contributed by atoms with E-state index in [9.17, 15) is 9.50 Å². The molecule has 0 spiro atoms. The number of piperidine rings is 1. The van der Waals surface area contributed by atoms with Gasteiger partial charge in [0.25, 0.3) is 0 Å². The Bertz CT molecular complexity index is 476. The molecule has 1 aliphatic rings. The van der Waals surface area contributed by atoms with Crippen molar-refractivity contribution >= 4 is 0 Å². The van der Waals surface area contributed by atoms with Crippen molar-refractivity contribution in [1.82, 2.24) is 10.2 Å². The molecule has 0 amide bonds. The van der Waals surface area contributed by atoms with Crippen LogP contribution in [0.4, 0.5) is 4.39 Å². The summed E-state index contributed by atoms with van der Waals surface area (Å²) in [7, 11) is 0. The normalized spacial score (nSPS) is 19.7. The summed E-state index contributed by atoms with van der Waals surface area (Å²) in [6.45, 7) is 10.9. The van der Waals surface area contributed by atoms with E-state index in [2.05, 4.69) is 31.0 Å². The van der Waals surface area contributed by atoms with Gasteiger partial charge in [0, 0.05) is 42.3 Å². The third-order valence-corrected chi connectivity index (χ3v) is 4.39. The maximum absolute atomic E-state index is 13.0. The minimum absolute atomic E-state index is 0.0248. The second kappa shape index (κ2) is 6.32. The van der Waals surface area contributed by atoms with Crippen LogP contribution in [0.2, 0.25) is 0 Å². The second-order valence-corrected chi connectivity index (χ2v) is 7.02. The van der Waals surface area contributed by atoms with Gasteiger partial charge >= 0.3 is 0 Å². The number of phenols is 1. The Morgan fingerprint density at radius 3 is 2.43 bits per heavy atom. The highest BCUT2D eigenvalue weighted by atomic mass is 19.1. The van der Waals surface area contributed by atoms with Gasteiger partial charge in [-0.1, -0.05) is 6.07 Å². The molecule has 1 atom stereocenters. The lowest BCUT2D eigenvalue weighted by Crippen LogP contribution is -2.50. The Kier molecular flexibility index (Phi) is 4.89. The molecule has 0 aromatic heterocycles. The Labute approximate surface area is 127 Å². The fourth-order valence-electron chi connectivity index (χ4n) is 3.04. The van der Waals surface area contributed by atoms with Crippen LogP contribution < -0.4 is 5.32 Å². The minimum Gasteiger partial charge on any atom is -0.508 e. The standard InChI is InChI=1S/C17H27FN2O/c1-12(15-6-5-13(18)11-16(15)21)19-14-7-9-20(10-8-14)17(2,3)4/h5-6,11-12,14,19,21H,7-10H2,1-4H3. The first kappa shape index (κ1) is 16.2. The fraction of sp³-hybridized carbons (Fsp3) is 0.647. The number of hydrogen-bond donors (Lipinski definition) is 2. The smallest absolute Gasteiger partial charge is 0.126 e. The molecule has 1 heterocycles. The van der Waals surface area contributed by atoms with E-state index in [0.717, 1.165) is 31.5 Å². The Balaban J connectivity index is 1.91. The molecule has 1 fully saturated rings. The van der Waals surface area contributed by atoms with Crippen LogP contribution in [-0.2, 0) is 0 Å². The minimum atomic E-state index is -0.401. The van der Waals surface area contributed by atoms with Gasteiger partial charge in [-0.3, -0.25) is 4.90 Å². The van der Waals surface area contributed by atoms with Gasteiger partial charge in [-0.2, -0.15) is 0 Å². The number of nitrogens with one attached hydrogen (secondary N) is 1. The van der Waals surface area contributed by atoms with Crippen molar-refractivity contribution in [3.05, 3.63) is 29.6 Å². The van der Waals surface area contributed by atoms with Crippen molar-refractivity contribution in [2.24, 2.45) is 0 Å². The lowest BCUT2D eigenvalue weighted by Gasteiger charge is -2.41. The number of benzene rings is 1. The maximum Gasteiger partial charge on any atom is 0.126 e. The van der Waals surface area contributed by atoms with E-state index in [-0.39, 0.29) is 17.3 Å². The van der Waals surface area contributed by atoms with Crippen molar-refractivity contribution in [1.29, 1.82) is 0 Å². The van der Waals surface area contributed by atoms with Crippen LogP contribution in [0.3, 0.4) is 0 Å². The van der Waals surface area contributed by atoms with Gasteiger partial charge in [-0.15, -0.1) is 0 Å². The van der Waals surface area contributed by atoms with Gasteiger partial charge in [-0.25, -0.2) is 4.39 Å². The van der Waals surface area contributed by atoms with E-state index in [4.69, 9.17) is 0 Å². The molecule has 1 unspecified atom stereocenters. The number of aromatic hydroxyl groups is 1. The number of hydrogen-bond acceptors (Lipinski definition) is 3. The predicted molar refractivity (Wildman–Crippen MR) is 84.0 cm³/mol. The molecule has 0 saturated carbocycles. The molecule has 1 saturated heterocycles. The van der Waals surface area contributed by atoms with Gasteiger partial charge in [0.1, 0.15) is 11.6 Å². The molecule has 1 aliphatic heterocycles. The van der Waals surface area contributed by atoms with Gasteiger partial charge in [0.15, 0.2) is 0 Å². The van der Waals surface area contributed by atoms with E-state index in [1.54, 1.807) is 6.07 Å². The summed E-state index contributed by atoms with van der Waals surface area (Å²) in [5.41, 5.74) is 0.987. The van der Waals surface area contributed by atoms with Crippen LogP contribution in [0.5, 0.6) is 5.75 Å². The number of nitrogens with zero attached hydrogens (tertiary/aromatic N) is 1. The molecule has 3 nitrogen and oxygen atoms in total. The molecular formula is C17H27FN2O. The Morgan fingerprint density at radius 2 is 1.90 bits per heavy atom. The molecule has 21 heavy (non-hydrogen) atoms. The first-order valence-electron chi connectivity index (χ1n) is 7.77. The summed E-state index contributed by atoms with van der Waals surface area (Å²) in [6, 6.07) is 4.71. The summed E-state index contributed by atoms with van der Waals surface area (Å²) < 4.78 is 13.0. The third kappa shape index (κ3) is 4.17. The van der Waals surface area contributed by atoms with Crippen LogP contribution >= 0.6 is 0 Å². The van der Waals surface area contributed by atoms with E-state index in [0.29, 0.717) is 6.04 Å². The monoisotopic (exact) mass is 294 g/mol. The SMILES string of the molecule is CC(NC1CCN(C(C)(C)C)CC1)c1ccc(F)cc1O. The average molecular weight is 294 g/mol. The zero-order valence-corrected chi connectivity index (χ0v) is 13.5. The zero-order chi connectivity index (χ0) is 15.6. The lowest BCUT2D eigenvalue weighted by molar-refractivity contribution is 0.0942. The topological polar surface area (TPSA) is 35.5 Å². The van der Waals surface area contributed by atoms with Crippen LogP contribution in [0.25, 0.3) is 0 Å². The first-order chi connectivity index (χ1) is 9.77. The highest BCUT2D eigenvalue weighted by Crippen LogP contribution is 2.27. The highest BCUT2D eigenvalue weighted by Gasteiger charge is 2.27. The summed E-state index contributed by atoms with van der Waals surface area (Å²) >= 11 is 0. The quantitative estimate of drug-likeness (QED) is 0.896. The van der Waals surface area contributed by atoms with Crippen molar-refractivity contribution in [3.63, 3.8) is 0 Å². The molecular weight excluding hydrogens is 267 g/mol. The number of likely N-dealkylation sites (tertiary alicyclic amines) is 1. The number of rotatable bonds is 3. The van der Waals surface area contributed by atoms with E-state index >= 15 is 0 Å². The van der Waals surface area contributed by atoms with Crippen molar-refractivity contribution in [3.8, 4) is 5.75 Å². The van der Waals surface area contributed by atoms with Crippen LogP contribution in [0.15, 0.2) is 18.2 Å². The van der Waals surface area contributed by atoms with Crippen molar-refractivity contribution in [2.75, 3.05) is 13.1 Å². The van der Waals surface area contributed by atoms with E-state index < -0.39 is 5.82 Å². The zero-order valence-electron chi connectivity index (χ0n) is 13.5. The number of halogens is 1. The fourth-order valence-corrected chi connectivity index (χ4v) is 3.04. The van der Waals surface area contributed by atoms with Gasteiger partial charge in [-0.05, 0) is 46.6 Å². The van der Waals surface area contributed by atoms with E-state index in [1.807, 2.05) is 6.92 Å². The maximum atomic E-state index is 13.0. The summed E-state index contributed by atoms with van der Waals surface area (Å²) in [4.78, 5) is 2.51. The second-order valence-electron chi connectivity index (χ2n) is 7.02. The van der Waals surface area contributed by atoms with E-state index in [1.165, 1.54) is 12.1 Å². The Morgan fingerprint density at radius 1 is 1.29 bits per heavy atom. The third-order valence-electron chi connectivity index (χ3n) is 4.39. The molecule has 0 bridgehead atoms. The van der Waals surface area contributed by atoms with Gasteiger partial charge < -0.3 is 10.4 Å². The first-order valence-corrected chi connectivity index (χ1v) is 7.77. The lowest BCUT2D eigenvalue weighted by atomic mass is 9.96. The summed E-state index contributed by atoms with van der Waals surface area (Å²) in [5, 5.41) is 13.4. The van der Waals surface area contributed by atoms with Crippen LogP contribution in [-0.4, -0.2) is 34.7 Å². The number of phenolic OH excluding ortho intramolecular Hbond substituents is 1. The van der Waals surface area contributed by atoms with Crippen LogP contribution in [0, 0.1) is 5.82 Å². The Hall–Kier alpha value is -1.13. The largest absolute Gasteiger partial charge is 0.508 e. The van der Waals surface area contributed by atoms with Crippen molar-refractivity contribution < 1.29 is 9.50 Å². The van der Waals surface area contributed by atoms with Crippen molar-refractivity contribution in [2.45, 2.75) is 58.2 Å². The molecule has 4 heteroatoms. The molecule has 118 valence electrons. The van der Waals surface area contributed by atoms with Crippen LogP contribution in [0.1, 0.15) is 52.1 Å². The summed E-state index contributed by atoms with van der Waals surface area (Å²) in [6.07, 6.45) is 2.20. The summed E-state index contributed by atoms with van der Waals surface area (Å²) in [5.74, 6) is -0.371.